The van der Waals surface area contributed by atoms with Crippen LogP contribution < -0.4 is 4.74 Å². The molecule has 21 heavy (non-hydrogen) atoms. The molecule has 0 aliphatic carbocycles. The number of hydrogen-bond acceptors (Lipinski definition) is 3. The molecule has 0 bridgehead atoms. The first-order valence-corrected chi connectivity index (χ1v) is 7.17. The van der Waals surface area contributed by atoms with Gasteiger partial charge in [0.2, 0.25) is 5.85 Å². The molecular weight excluding hydrogens is 293 g/mol. The lowest BCUT2D eigenvalue weighted by atomic mass is 9.84. The highest BCUT2D eigenvalue weighted by Gasteiger charge is 2.25. The maximum Gasteiger partial charge on any atom is 0.242 e. The van der Waals surface area contributed by atoms with Crippen LogP contribution in [0.5, 0.6) is 5.75 Å². The number of hydrogen-bond donors (Lipinski definition) is 1. The molecule has 1 rings (SSSR count). The summed E-state index contributed by atoms with van der Waals surface area (Å²) < 4.78 is 18.6. The predicted octanol–water partition coefficient (Wildman–Crippen LogP) is 4.65. The predicted molar refractivity (Wildman–Crippen MR) is 83.1 cm³/mol. The molecule has 1 aromatic rings. The van der Waals surface area contributed by atoms with Crippen LogP contribution in [0.15, 0.2) is 18.2 Å². The lowest BCUT2D eigenvalue weighted by Gasteiger charge is -2.21. The van der Waals surface area contributed by atoms with Crippen LogP contribution in [0.2, 0.25) is 5.02 Å². The Kier molecular flexibility index (Phi) is 5.51. The van der Waals surface area contributed by atoms with E-state index < -0.39 is 11.8 Å². The van der Waals surface area contributed by atoms with Crippen LogP contribution in [0.1, 0.15) is 40.2 Å². The molecule has 1 aromatic carbocycles. The zero-order valence-corrected chi connectivity index (χ0v) is 13.7. The molecule has 0 heterocycles. The minimum atomic E-state index is -1.83. The summed E-state index contributed by atoms with van der Waals surface area (Å²) in [6.45, 7) is 7.83. The molecule has 0 spiro atoms. The van der Waals surface area contributed by atoms with Crippen LogP contribution in [0.3, 0.4) is 0 Å². The SMILES string of the molecule is CC(=O)C(C(=N)c1ccc(OC(C)(C)F)c(Cl)c1)C(C)C. The first kappa shape index (κ1) is 17.6. The lowest BCUT2D eigenvalue weighted by Crippen LogP contribution is -2.27. The first-order chi connectivity index (χ1) is 9.53. The summed E-state index contributed by atoms with van der Waals surface area (Å²) in [4.78, 5) is 11.7. The van der Waals surface area contributed by atoms with E-state index in [1.165, 1.54) is 32.9 Å². The van der Waals surface area contributed by atoms with Crippen LogP contribution in [-0.2, 0) is 4.79 Å². The third-order valence-electron chi connectivity index (χ3n) is 3.01. The van der Waals surface area contributed by atoms with Gasteiger partial charge in [0.05, 0.1) is 10.9 Å². The number of ether oxygens (including phenoxy) is 1. The van der Waals surface area contributed by atoms with Gasteiger partial charge in [0.25, 0.3) is 0 Å². The van der Waals surface area contributed by atoms with Gasteiger partial charge in [0.1, 0.15) is 11.5 Å². The number of alkyl halides is 1. The molecule has 0 saturated heterocycles. The maximum absolute atomic E-state index is 13.5. The van der Waals surface area contributed by atoms with Gasteiger partial charge in [-0.3, -0.25) is 4.79 Å². The number of carbonyl (C=O) groups excluding carboxylic acids is 1. The Morgan fingerprint density at radius 3 is 2.33 bits per heavy atom. The van der Waals surface area contributed by atoms with Crippen molar-refractivity contribution in [3.8, 4) is 5.75 Å². The van der Waals surface area contributed by atoms with E-state index in [9.17, 15) is 9.18 Å². The van der Waals surface area contributed by atoms with Gasteiger partial charge in [-0.2, -0.15) is 4.39 Å². The second kappa shape index (κ2) is 6.56. The molecule has 0 aliphatic rings. The highest BCUT2D eigenvalue weighted by molar-refractivity contribution is 6.32. The van der Waals surface area contributed by atoms with E-state index in [-0.39, 0.29) is 28.2 Å². The molecule has 1 unspecified atom stereocenters. The summed E-state index contributed by atoms with van der Waals surface area (Å²) in [5.74, 6) is -2.14. The summed E-state index contributed by atoms with van der Waals surface area (Å²) in [6.07, 6.45) is 0. The summed E-state index contributed by atoms with van der Waals surface area (Å²) >= 11 is 6.07. The number of benzene rings is 1. The van der Waals surface area contributed by atoms with E-state index in [0.29, 0.717) is 5.56 Å². The van der Waals surface area contributed by atoms with Crippen molar-refractivity contribution in [3.63, 3.8) is 0 Å². The van der Waals surface area contributed by atoms with Crippen molar-refractivity contribution in [2.24, 2.45) is 11.8 Å². The molecular formula is C16H21ClFNO2. The fraction of sp³-hybridized carbons (Fsp3) is 0.500. The van der Waals surface area contributed by atoms with Gasteiger partial charge in [-0.15, -0.1) is 0 Å². The Morgan fingerprint density at radius 1 is 1.38 bits per heavy atom. The van der Waals surface area contributed by atoms with E-state index >= 15 is 0 Å². The second-order valence-electron chi connectivity index (χ2n) is 5.86. The molecule has 5 heteroatoms. The van der Waals surface area contributed by atoms with Crippen LogP contribution in [0, 0.1) is 17.2 Å². The second-order valence-corrected chi connectivity index (χ2v) is 6.26. The molecule has 0 aromatic heterocycles. The quantitative estimate of drug-likeness (QED) is 0.777. The fourth-order valence-corrected chi connectivity index (χ4v) is 2.42. The van der Waals surface area contributed by atoms with Crippen molar-refractivity contribution in [2.45, 2.75) is 40.5 Å². The number of nitrogens with one attached hydrogen (secondary N) is 1. The Hall–Kier alpha value is -1.42. The summed E-state index contributed by atoms with van der Waals surface area (Å²) in [5.41, 5.74) is 0.753. The zero-order chi connectivity index (χ0) is 16.4. The Bertz CT molecular complexity index is 550. The number of carbonyl (C=O) groups is 1. The lowest BCUT2D eigenvalue weighted by molar-refractivity contribution is -0.119. The normalized spacial score (nSPS) is 13.1. The third-order valence-corrected chi connectivity index (χ3v) is 3.31. The largest absolute Gasteiger partial charge is 0.457 e. The number of rotatable bonds is 6. The minimum absolute atomic E-state index is 0.0227. The van der Waals surface area contributed by atoms with Gasteiger partial charge in [-0.25, -0.2) is 0 Å². The van der Waals surface area contributed by atoms with Crippen LogP contribution in [0.4, 0.5) is 4.39 Å². The van der Waals surface area contributed by atoms with Crippen LogP contribution in [0.25, 0.3) is 0 Å². The highest BCUT2D eigenvalue weighted by Crippen LogP contribution is 2.30. The van der Waals surface area contributed by atoms with Crippen molar-refractivity contribution in [2.75, 3.05) is 0 Å². The number of halogens is 2. The molecule has 0 fully saturated rings. The summed E-state index contributed by atoms with van der Waals surface area (Å²) in [5, 5.41) is 8.42. The zero-order valence-electron chi connectivity index (χ0n) is 13.0. The average molecular weight is 314 g/mol. The smallest absolute Gasteiger partial charge is 0.242 e. The molecule has 1 N–H and O–H groups in total. The van der Waals surface area contributed by atoms with Crippen molar-refractivity contribution in [1.82, 2.24) is 0 Å². The first-order valence-electron chi connectivity index (χ1n) is 6.79. The number of Topliss-reactive ketones (excluding diaryl/α,β-unsaturated/α-hetero) is 1. The van der Waals surface area contributed by atoms with Crippen LogP contribution >= 0.6 is 11.6 Å². The Balaban J connectivity index is 3.08. The standard InChI is InChI=1S/C16H21ClFNO2/c1-9(2)14(10(3)20)15(19)11-6-7-13(12(17)8-11)21-16(4,5)18/h6-9,14,19H,1-5H3. The Labute approximate surface area is 130 Å². The fourth-order valence-electron chi connectivity index (χ4n) is 2.20. The summed E-state index contributed by atoms with van der Waals surface area (Å²) in [7, 11) is 0. The molecule has 0 radical (unpaired) electrons. The molecule has 1 atom stereocenters. The van der Waals surface area contributed by atoms with Gasteiger partial charge in [-0.05, 0) is 36.6 Å². The number of ketones is 1. The van der Waals surface area contributed by atoms with Crippen molar-refractivity contribution < 1.29 is 13.9 Å². The van der Waals surface area contributed by atoms with Gasteiger partial charge >= 0.3 is 0 Å². The maximum atomic E-state index is 13.5. The molecule has 116 valence electrons. The minimum Gasteiger partial charge on any atom is -0.457 e. The average Bonchev–Trinajstić information content (AvgIpc) is 2.29. The van der Waals surface area contributed by atoms with Crippen LogP contribution in [-0.4, -0.2) is 17.3 Å². The van der Waals surface area contributed by atoms with Gasteiger partial charge in [0, 0.05) is 19.6 Å². The summed E-state index contributed by atoms with van der Waals surface area (Å²) in [6, 6.07) is 4.67. The van der Waals surface area contributed by atoms with Crippen molar-refractivity contribution >= 4 is 23.1 Å². The molecule has 0 aliphatic heterocycles. The third kappa shape index (κ3) is 4.81. The van der Waals surface area contributed by atoms with Gasteiger partial charge in [0.15, 0.2) is 0 Å². The van der Waals surface area contributed by atoms with E-state index in [4.69, 9.17) is 21.7 Å². The van der Waals surface area contributed by atoms with Crippen molar-refractivity contribution in [1.29, 1.82) is 5.41 Å². The monoisotopic (exact) mass is 313 g/mol. The molecule has 0 amide bonds. The van der Waals surface area contributed by atoms with E-state index in [1.54, 1.807) is 6.07 Å². The van der Waals surface area contributed by atoms with Crippen molar-refractivity contribution in [3.05, 3.63) is 28.8 Å². The Morgan fingerprint density at radius 2 is 1.95 bits per heavy atom. The topological polar surface area (TPSA) is 50.2 Å². The highest BCUT2D eigenvalue weighted by atomic mass is 35.5. The van der Waals surface area contributed by atoms with E-state index in [2.05, 4.69) is 0 Å². The molecule has 0 saturated carbocycles. The van der Waals surface area contributed by atoms with Gasteiger partial charge < -0.3 is 10.1 Å². The molecule has 3 nitrogen and oxygen atoms in total. The van der Waals surface area contributed by atoms with E-state index in [1.807, 2.05) is 13.8 Å². The van der Waals surface area contributed by atoms with Gasteiger partial charge in [-0.1, -0.05) is 25.4 Å². The van der Waals surface area contributed by atoms with E-state index in [0.717, 1.165) is 0 Å².